The first kappa shape index (κ1) is 18.5. The highest BCUT2D eigenvalue weighted by molar-refractivity contribution is 5.85. The normalized spacial score (nSPS) is 26.0. The quantitative estimate of drug-likeness (QED) is 0.821. The fourth-order valence-corrected chi connectivity index (χ4v) is 5.34. The lowest BCUT2D eigenvalue weighted by atomic mass is 9.68. The van der Waals surface area contributed by atoms with Gasteiger partial charge in [-0.3, -0.25) is 9.59 Å². The van der Waals surface area contributed by atoms with Gasteiger partial charge in [0.2, 0.25) is 11.8 Å². The highest BCUT2D eigenvalue weighted by atomic mass is 16.2. The Bertz CT molecular complexity index is 682. The maximum atomic E-state index is 12.6. The van der Waals surface area contributed by atoms with Crippen LogP contribution >= 0.6 is 0 Å². The summed E-state index contributed by atoms with van der Waals surface area (Å²) >= 11 is 0. The highest BCUT2D eigenvalue weighted by Gasteiger charge is 2.42. The van der Waals surface area contributed by atoms with Gasteiger partial charge >= 0.3 is 0 Å². The molecule has 0 N–H and O–H groups in total. The Morgan fingerprint density at radius 2 is 1.89 bits per heavy atom. The summed E-state index contributed by atoms with van der Waals surface area (Å²) in [5, 5.41) is 0. The van der Waals surface area contributed by atoms with E-state index in [2.05, 4.69) is 42.3 Å². The summed E-state index contributed by atoms with van der Waals surface area (Å²) in [6.45, 7) is 4.92. The monoisotopic (exact) mass is 369 g/mol. The number of carbonyl (C=O) groups is 2. The number of likely N-dealkylation sites (tertiary alicyclic amines) is 3. The van der Waals surface area contributed by atoms with Crippen LogP contribution in [0.3, 0.4) is 0 Å². The topological polar surface area (TPSA) is 43.9 Å². The minimum absolute atomic E-state index is 0.129. The molecule has 0 radical (unpaired) electrons. The molecular weight excluding hydrogens is 338 g/mol. The van der Waals surface area contributed by atoms with Gasteiger partial charge in [0, 0.05) is 39.1 Å². The molecule has 5 heteroatoms. The van der Waals surface area contributed by atoms with Gasteiger partial charge in [0.05, 0.1) is 6.54 Å². The predicted octanol–water partition coefficient (Wildman–Crippen LogP) is 2.34. The molecule has 0 saturated carbocycles. The minimum atomic E-state index is 0.129. The summed E-state index contributed by atoms with van der Waals surface area (Å²) in [6.07, 6.45) is 4.85. The molecule has 3 saturated heterocycles. The summed E-state index contributed by atoms with van der Waals surface area (Å²) in [5.41, 5.74) is 1.75. The first-order valence-electron chi connectivity index (χ1n) is 10.3. The molecule has 1 spiro atoms. The highest BCUT2D eigenvalue weighted by Crippen LogP contribution is 2.44. The van der Waals surface area contributed by atoms with Crippen LogP contribution in [0.2, 0.25) is 0 Å². The molecule has 0 bridgehead atoms. The molecule has 1 aromatic carbocycles. The smallest absolute Gasteiger partial charge is 0.242 e. The van der Waals surface area contributed by atoms with Crippen molar-refractivity contribution in [3.8, 4) is 0 Å². The number of rotatable bonds is 3. The standard InChI is InChI=1S/C22H31N3O2/c1-23-15-19(18-6-3-2-4-7-18)14-22(17-23)9-12-24(13-10-22)21(27)16-25-11-5-8-20(25)26/h2-4,6-7,19H,5,8-17H2,1H3/t19-/m1/s1. The van der Waals surface area contributed by atoms with Gasteiger partial charge in [-0.1, -0.05) is 30.3 Å². The molecule has 4 rings (SSSR count). The second-order valence-corrected chi connectivity index (χ2v) is 8.81. The lowest BCUT2D eigenvalue weighted by Gasteiger charge is -2.49. The molecule has 3 aliphatic heterocycles. The van der Waals surface area contributed by atoms with E-state index in [1.165, 1.54) is 12.0 Å². The van der Waals surface area contributed by atoms with Crippen LogP contribution in [0.4, 0.5) is 0 Å². The van der Waals surface area contributed by atoms with Crippen molar-refractivity contribution >= 4 is 11.8 Å². The first-order valence-corrected chi connectivity index (χ1v) is 10.3. The van der Waals surface area contributed by atoms with Crippen LogP contribution in [-0.2, 0) is 9.59 Å². The zero-order chi connectivity index (χ0) is 18.9. The van der Waals surface area contributed by atoms with E-state index in [1.807, 2.05) is 4.90 Å². The van der Waals surface area contributed by atoms with Crippen molar-refractivity contribution < 1.29 is 9.59 Å². The van der Waals surface area contributed by atoms with Gasteiger partial charge in [0.15, 0.2) is 0 Å². The molecule has 3 fully saturated rings. The molecule has 146 valence electrons. The average Bonchev–Trinajstić information content (AvgIpc) is 3.07. The Morgan fingerprint density at radius 3 is 2.56 bits per heavy atom. The van der Waals surface area contributed by atoms with Gasteiger partial charge in [0.1, 0.15) is 0 Å². The third-order valence-electron chi connectivity index (χ3n) is 6.76. The van der Waals surface area contributed by atoms with Gasteiger partial charge in [-0.2, -0.15) is 0 Å². The van der Waals surface area contributed by atoms with Crippen LogP contribution in [0.5, 0.6) is 0 Å². The van der Waals surface area contributed by atoms with E-state index in [0.717, 1.165) is 52.0 Å². The zero-order valence-electron chi connectivity index (χ0n) is 16.4. The number of amides is 2. The van der Waals surface area contributed by atoms with Crippen LogP contribution in [0.1, 0.15) is 43.6 Å². The fourth-order valence-electron chi connectivity index (χ4n) is 5.34. The van der Waals surface area contributed by atoms with Gasteiger partial charge in [-0.15, -0.1) is 0 Å². The molecule has 0 aliphatic carbocycles. The Morgan fingerprint density at radius 1 is 1.15 bits per heavy atom. The summed E-state index contributed by atoms with van der Waals surface area (Å²) in [7, 11) is 2.23. The van der Waals surface area contributed by atoms with Gasteiger partial charge in [-0.25, -0.2) is 0 Å². The molecule has 1 aromatic rings. The van der Waals surface area contributed by atoms with E-state index in [1.54, 1.807) is 4.90 Å². The maximum absolute atomic E-state index is 12.6. The number of hydrogen-bond donors (Lipinski definition) is 0. The van der Waals surface area contributed by atoms with Crippen LogP contribution in [0.25, 0.3) is 0 Å². The van der Waals surface area contributed by atoms with E-state index >= 15 is 0 Å². The van der Waals surface area contributed by atoms with E-state index < -0.39 is 0 Å². The first-order chi connectivity index (χ1) is 13.0. The molecule has 27 heavy (non-hydrogen) atoms. The van der Waals surface area contributed by atoms with Crippen LogP contribution in [0.15, 0.2) is 30.3 Å². The van der Waals surface area contributed by atoms with E-state index in [0.29, 0.717) is 17.8 Å². The van der Waals surface area contributed by atoms with Crippen molar-refractivity contribution in [2.75, 3.05) is 46.3 Å². The molecule has 2 amide bonds. The summed E-state index contributed by atoms with van der Waals surface area (Å²) in [4.78, 5) is 30.6. The second-order valence-electron chi connectivity index (χ2n) is 8.81. The van der Waals surface area contributed by atoms with Crippen molar-refractivity contribution in [1.29, 1.82) is 0 Å². The Kier molecular flexibility index (Phi) is 5.22. The lowest BCUT2D eigenvalue weighted by Crippen LogP contribution is -2.52. The third kappa shape index (κ3) is 4.03. The van der Waals surface area contributed by atoms with Crippen molar-refractivity contribution in [3.05, 3.63) is 35.9 Å². The van der Waals surface area contributed by atoms with Gasteiger partial charge in [-0.05, 0) is 49.6 Å². The molecule has 1 atom stereocenters. The fraction of sp³-hybridized carbons (Fsp3) is 0.636. The minimum Gasteiger partial charge on any atom is -0.341 e. The van der Waals surface area contributed by atoms with E-state index in [-0.39, 0.29) is 18.4 Å². The number of carbonyl (C=O) groups excluding carboxylic acids is 2. The Balaban J connectivity index is 1.37. The van der Waals surface area contributed by atoms with Crippen molar-refractivity contribution in [2.24, 2.45) is 5.41 Å². The van der Waals surface area contributed by atoms with E-state index in [4.69, 9.17) is 0 Å². The predicted molar refractivity (Wildman–Crippen MR) is 105 cm³/mol. The summed E-state index contributed by atoms with van der Waals surface area (Å²) in [5.74, 6) is 0.842. The van der Waals surface area contributed by atoms with Crippen molar-refractivity contribution in [1.82, 2.24) is 14.7 Å². The SMILES string of the molecule is CN1C[C@H](c2ccccc2)CC2(CCN(C(=O)CN3CCCC3=O)CC2)C1. The molecule has 0 unspecified atom stereocenters. The van der Waals surface area contributed by atoms with Crippen molar-refractivity contribution in [3.63, 3.8) is 0 Å². The maximum Gasteiger partial charge on any atom is 0.242 e. The third-order valence-corrected chi connectivity index (χ3v) is 6.76. The largest absolute Gasteiger partial charge is 0.341 e. The Labute approximate surface area is 162 Å². The second kappa shape index (κ2) is 7.63. The van der Waals surface area contributed by atoms with Crippen LogP contribution in [-0.4, -0.2) is 72.8 Å². The average molecular weight is 370 g/mol. The summed E-state index contributed by atoms with van der Waals surface area (Å²) in [6, 6.07) is 10.9. The van der Waals surface area contributed by atoms with Crippen LogP contribution < -0.4 is 0 Å². The summed E-state index contributed by atoms with van der Waals surface area (Å²) < 4.78 is 0. The molecule has 3 heterocycles. The molecule has 3 aliphatic rings. The number of hydrogen-bond acceptors (Lipinski definition) is 3. The van der Waals surface area contributed by atoms with Crippen LogP contribution in [0, 0.1) is 5.41 Å². The number of benzene rings is 1. The van der Waals surface area contributed by atoms with Crippen molar-refractivity contribution in [2.45, 2.75) is 38.0 Å². The lowest BCUT2D eigenvalue weighted by molar-refractivity contribution is -0.140. The molecule has 0 aromatic heterocycles. The van der Waals surface area contributed by atoms with Gasteiger partial charge < -0.3 is 14.7 Å². The number of nitrogens with zero attached hydrogens (tertiary/aromatic N) is 3. The molecule has 5 nitrogen and oxygen atoms in total. The number of likely N-dealkylation sites (N-methyl/N-ethyl adjacent to an activating group) is 1. The van der Waals surface area contributed by atoms with E-state index in [9.17, 15) is 9.59 Å². The number of piperidine rings is 2. The Hall–Kier alpha value is -1.88. The molecular formula is C22H31N3O2. The van der Waals surface area contributed by atoms with Gasteiger partial charge in [0.25, 0.3) is 0 Å². The zero-order valence-corrected chi connectivity index (χ0v) is 16.4.